The Morgan fingerprint density at radius 3 is 2.39 bits per heavy atom. The summed E-state index contributed by atoms with van der Waals surface area (Å²) < 4.78 is 14.9. The summed E-state index contributed by atoms with van der Waals surface area (Å²) in [4.78, 5) is 4.00. The molecular formula is C15H21ClFN5O. The summed E-state index contributed by atoms with van der Waals surface area (Å²) in [5, 5.41) is 18.1. The number of hydrogen-bond donors (Lipinski definition) is 1. The van der Waals surface area contributed by atoms with E-state index in [2.05, 4.69) is 15.1 Å². The number of piperidine rings is 1. The minimum atomic E-state index is -0.261. The van der Waals surface area contributed by atoms with Gasteiger partial charge in [-0.3, -0.25) is 4.57 Å². The van der Waals surface area contributed by atoms with Gasteiger partial charge in [-0.2, -0.15) is 0 Å². The normalized spacial score (nSPS) is 15.4. The van der Waals surface area contributed by atoms with Gasteiger partial charge in [-0.05, 0) is 37.1 Å². The maximum Gasteiger partial charge on any atom is 0.232 e. The van der Waals surface area contributed by atoms with Crippen LogP contribution < -0.4 is 9.80 Å². The number of aliphatic hydroxyl groups is 1. The Bertz CT molecular complexity index is 640. The van der Waals surface area contributed by atoms with E-state index in [4.69, 9.17) is 0 Å². The van der Waals surface area contributed by atoms with E-state index >= 15 is 0 Å². The zero-order valence-electron chi connectivity index (χ0n) is 13.2. The first-order valence-electron chi connectivity index (χ1n) is 7.38. The Kier molecular flexibility index (Phi) is 5.43. The Morgan fingerprint density at radius 1 is 1.17 bits per heavy atom. The topological polar surface area (TPSA) is 57.4 Å². The first-order valence-corrected chi connectivity index (χ1v) is 7.38. The molecule has 0 atom stereocenters. The predicted octanol–water partition coefficient (Wildman–Crippen LogP) is 2.10. The molecule has 2 heterocycles. The first kappa shape index (κ1) is 17.5. The highest BCUT2D eigenvalue weighted by atomic mass is 35.5. The van der Waals surface area contributed by atoms with Crippen LogP contribution in [-0.4, -0.2) is 46.1 Å². The SMILES string of the molecule is CN(c1ccc(F)cc1)c1nnc(N2CCC(O)CC2)n1C.Cl. The van der Waals surface area contributed by atoms with E-state index in [9.17, 15) is 9.50 Å². The fourth-order valence-electron chi connectivity index (χ4n) is 2.73. The van der Waals surface area contributed by atoms with Crippen molar-refractivity contribution in [1.82, 2.24) is 14.8 Å². The fourth-order valence-corrected chi connectivity index (χ4v) is 2.73. The molecule has 0 spiro atoms. The molecule has 1 saturated heterocycles. The van der Waals surface area contributed by atoms with E-state index in [-0.39, 0.29) is 24.3 Å². The van der Waals surface area contributed by atoms with Crippen LogP contribution in [0.1, 0.15) is 12.8 Å². The van der Waals surface area contributed by atoms with Gasteiger partial charge in [-0.25, -0.2) is 4.39 Å². The molecule has 1 aromatic carbocycles. The number of aliphatic hydroxyl groups excluding tert-OH is 1. The highest BCUT2D eigenvalue weighted by Crippen LogP contribution is 2.26. The lowest BCUT2D eigenvalue weighted by Crippen LogP contribution is -2.37. The zero-order chi connectivity index (χ0) is 15.7. The number of aromatic nitrogens is 3. The molecule has 1 aliphatic rings. The minimum Gasteiger partial charge on any atom is -0.393 e. The van der Waals surface area contributed by atoms with Crippen molar-refractivity contribution in [3.8, 4) is 0 Å². The third kappa shape index (κ3) is 3.56. The van der Waals surface area contributed by atoms with E-state index in [1.165, 1.54) is 12.1 Å². The van der Waals surface area contributed by atoms with E-state index in [0.717, 1.165) is 37.6 Å². The van der Waals surface area contributed by atoms with Crippen LogP contribution in [0.3, 0.4) is 0 Å². The Labute approximate surface area is 140 Å². The van der Waals surface area contributed by atoms with Crippen LogP contribution >= 0.6 is 12.4 Å². The van der Waals surface area contributed by atoms with E-state index < -0.39 is 0 Å². The molecule has 0 aliphatic carbocycles. The monoisotopic (exact) mass is 341 g/mol. The summed E-state index contributed by atoms with van der Waals surface area (Å²) in [6.07, 6.45) is 1.28. The minimum absolute atomic E-state index is 0. The van der Waals surface area contributed by atoms with Crippen molar-refractivity contribution in [2.24, 2.45) is 7.05 Å². The molecule has 1 N–H and O–H groups in total. The van der Waals surface area contributed by atoms with E-state index in [0.29, 0.717) is 5.95 Å². The lowest BCUT2D eigenvalue weighted by molar-refractivity contribution is 0.145. The summed E-state index contributed by atoms with van der Waals surface area (Å²) >= 11 is 0. The molecule has 126 valence electrons. The molecule has 0 unspecified atom stereocenters. The quantitative estimate of drug-likeness (QED) is 0.926. The first-order chi connectivity index (χ1) is 10.6. The third-order valence-electron chi connectivity index (χ3n) is 4.09. The summed E-state index contributed by atoms with van der Waals surface area (Å²) in [6, 6.07) is 6.27. The second-order valence-corrected chi connectivity index (χ2v) is 5.61. The number of halogens is 2. The predicted molar refractivity (Wildman–Crippen MR) is 90.2 cm³/mol. The summed E-state index contributed by atoms with van der Waals surface area (Å²) in [5.74, 6) is 1.21. The molecule has 0 saturated carbocycles. The van der Waals surface area contributed by atoms with Crippen molar-refractivity contribution < 1.29 is 9.50 Å². The second-order valence-electron chi connectivity index (χ2n) is 5.61. The van der Waals surface area contributed by atoms with Gasteiger partial charge in [-0.1, -0.05) is 0 Å². The average Bonchev–Trinajstić information content (AvgIpc) is 2.90. The molecule has 1 fully saturated rings. The lowest BCUT2D eigenvalue weighted by atomic mass is 10.1. The fraction of sp³-hybridized carbons (Fsp3) is 0.467. The van der Waals surface area contributed by atoms with Gasteiger partial charge in [0.05, 0.1) is 6.10 Å². The molecule has 0 radical (unpaired) electrons. The summed E-state index contributed by atoms with van der Waals surface area (Å²) in [5.41, 5.74) is 0.845. The number of rotatable bonds is 3. The van der Waals surface area contributed by atoms with E-state index in [1.807, 2.05) is 23.6 Å². The van der Waals surface area contributed by atoms with Crippen molar-refractivity contribution >= 4 is 30.0 Å². The number of benzene rings is 1. The molecular weight excluding hydrogens is 321 g/mol. The Morgan fingerprint density at radius 2 is 1.78 bits per heavy atom. The van der Waals surface area contributed by atoms with Crippen molar-refractivity contribution in [2.45, 2.75) is 18.9 Å². The van der Waals surface area contributed by atoms with Crippen LogP contribution in [0.25, 0.3) is 0 Å². The molecule has 8 heteroatoms. The average molecular weight is 342 g/mol. The van der Waals surface area contributed by atoms with Crippen LogP contribution in [0.4, 0.5) is 22.0 Å². The molecule has 0 bridgehead atoms. The van der Waals surface area contributed by atoms with Gasteiger partial charge in [0.15, 0.2) is 0 Å². The van der Waals surface area contributed by atoms with Crippen molar-refractivity contribution in [3.63, 3.8) is 0 Å². The van der Waals surface area contributed by atoms with Gasteiger partial charge >= 0.3 is 0 Å². The highest BCUT2D eigenvalue weighted by molar-refractivity contribution is 5.85. The van der Waals surface area contributed by atoms with Crippen LogP contribution in [0.15, 0.2) is 24.3 Å². The second kappa shape index (κ2) is 7.14. The molecule has 1 aromatic heterocycles. The van der Waals surface area contributed by atoms with Crippen LogP contribution in [0.5, 0.6) is 0 Å². The van der Waals surface area contributed by atoms with Gasteiger partial charge in [0.25, 0.3) is 0 Å². The highest BCUT2D eigenvalue weighted by Gasteiger charge is 2.23. The van der Waals surface area contributed by atoms with Gasteiger partial charge < -0.3 is 14.9 Å². The number of hydrogen-bond acceptors (Lipinski definition) is 5. The molecule has 1 aliphatic heterocycles. The smallest absolute Gasteiger partial charge is 0.232 e. The number of nitrogens with zero attached hydrogens (tertiary/aromatic N) is 5. The molecule has 6 nitrogen and oxygen atoms in total. The lowest BCUT2D eigenvalue weighted by Gasteiger charge is -2.30. The van der Waals surface area contributed by atoms with Gasteiger partial charge in [0.2, 0.25) is 11.9 Å². The Balaban J connectivity index is 0.00000192. The zero-order valence-corrected chi connectivity index (χ0v) is 14.0. The maximum absolute atomic E-state index is 13.0. The van der Waals surface area contributed by atoms with Crippen molar-refractivity contribution in [3.05, 3.63) is 30.1 Å². The molecule has 23 heavy (non-hydrogen) atoms. The van der Waals surface area contributed by atoms with Gasteiger partial charge in [0.1, 0.15) is 5.82 Å². The largest absolute Gasteiger partial charge is 0.393 e. The van der Waals surface area contributed by atoms with Gasteiger partial charge in [0, 0.05) is 32.9 Å². The third-order valence-corrected chi connectivity index (χ3v) is 4.09. The standard InChI is InChI=1S/C15H20FN5O.ClH/c1-19(12-5-3-11(16)4-6-12)14-17-18-15(20(14)2)21-9-7-13(22)8-10-21;/h3-6,13,22H,7-10H2,1-2H3;1H. The maximum atomic E-state index is 13.0. The number of anilines is 3. The van der Waals surface area contributed by atoms with E-state index in [1.54, 1.807) is 12.1 Å². The van der Waals surface area contributed by atoms with Crippen LogP contribution in [-0.2, 0) is 7.05 Å². The van der Waals surface area contributed by atoms with Gasteiger partial charge in [-0.15, -0.1) is 22.6 Å². The van der Waals surface area contributed by atoms with Crippen LogP contribution in [0, 0.1) is 5.82 Å². The van der Waals surface area contributed by atoms with Crippen molar-refractivity contribution in [1.29, 1.82) is 0 Å². The Hall–Kier alpha value is -1.86. The van der Waals surface area contributed by atoms with Crippen LogP contribution in [0.2, 0.25) is 0 Å². The summed E-state index contributed by atoms with van der Waals surface area (Å²) in [6.45, 7) is 1.54. The molecule has 3 rings (SSSR count). The molecule has 2 aromatic rings. The summed E-state index contributed by atoms with van der Waals surface area (Å²) in [7, 11) is 3.79. The molecule has 0 amide bonds. The van der Waals surface area contributed by atoms with Crippen molar-refractivity contribution in [2.75, 3.05) is 29.9 Å².